The van der Waals surface area contributed by atoms with Crippen LogP contribution in [0.5, 0.6) is 0 Å². The molecular formula is C27H32BrN5O3. The van der Waals surface area contributed by atoms with Crippen molar-refractivity contribution in [1.82, 2.24) is 20.1 Å². The van der Waals surface area contributed by atoms with E-state index in [1.54, 1.807) is 10.9 Å². The van der Waals surface area contributed by atoms with E-state index in [2.05, 4.69) is 58.5 Å². The molecule has 1 amide bonds. The molecule has 0 unspecified atom stereocenters. The highest BCUT2D eigenvalue weighted by atomic mass is 79.9. The standard InChI is InChI=1S/C27H32BrN5O3/c1-27(2,3)20-11-18(12-21(28)13-20)23(14-24(34)35)32-26(36)19-15-30-33(16-19)10-8-22-7-6-17-5-4-9-29-25(17)31-22/h6-7,11-13,15-16,23H,4-5,8-10,14H2,1-3H3,(H,29,31)(H,32,36)(H,34,35)/t23-/m0/s1. The van der Waals surface area contributed by atoms with E-state index in [1.807, 2.05) is 24.3 Å². The molecule has 0 radical (unpaired) electrons. The van der Waals surface area contributed by atoms with Crippen molar-refractivity contribution in [3.8, 4) is 0 Å². The molecule has 0 saturated heterocycles. The number of anilines is 1. The second-order valence-corrected chi connectivity index (χ2v) is 11.1. The fourth-order valence-corrected chi connectivity index (χ4v) is 4.77. The summed E-state index contributed by atoms with van der Waals surface area (Å²) in [6.07, 6.45) is 5.83. The van der Waals surface area contributed by atoms with E-state index >= 15 is 0 Å². The number of pyridine rings is 1. The van der Waals surface area contributed by atoms with E-state index in [0.29, 0.717) is 18.5 Å². The van der Waals surface area contributed by atoms with Crippen molar-refractivity contribution in [2.75, 3.05) is 11.9 Å². The highest BCUT2D eigenvalue weighted by Gasteiger charge is 2.23. The molecule has 0 aliphatic carbocycles. The largest absolute Gasteiger partial charge is 0.481 e. The van der Waals surface area contributed by atoms with E-state index < -0.39 is 12.0 Å². The van der Waals surface area contributed by atoms with Crippen molar-refractivity contribution < 1.29 is 14.7 Å². The van der Waals surface area contributed by atoms with Crippen LogP contribution < -0.4 is 10.6 Å². The lowest BCUT2D eigenvalue weighted by atomic mass is 9.85. The van der Waals surface area contributed by atoms with Crippen LogP contribution in [0.15, 0.2) is 47.2 Å². The average molecular weight is 554 g/mol. The number of nitrogens with zero attached hydrogens (tertiary/aromatic N) is 3. The first kappa shape index (κ1) is 25.9. The number of hydrogen-bond donors (Lipinski definition) is 3. The monoisotopic (exact) mass is 553 g/mol. The quantitative estimate of drug-likeness (QED) is 0.366. The van der Waals surface area contributed by atoms with Crippen LogP contribution in [0.3, 0.4) is 0 Å². The maximum Gasteiger partial charge on any atom is 0.305 e. The number of benzene rings is 1. The van der Waals surface area contributed by atoms with Gasteiger partial charge < -0.3 is 15.7 Å². The van der Waals surface area contributed by atoms with Gasteiger partial charge in [0.1, 0.15) is 5.82 Å². The zero-order valence-electron chi connectivity index (χ0n) is 20.8. The summed E-state index contributed by atoms with van der Waals surface area (Å²) in [7, 11) is 0. The Hall–Kier alpha value is -3.20. The van der Waals surface area contributed by atoms with Crippen LogP contribution in [0.4, 0.5) is 5.82 Å². The third kappa shape index (κ3) is 6.51. The Labute approximate surface area is 219 Å². The van der Waals surface area contributed by atoms with Gasteiger partial charge in [-0.1, -0.05) is 48.8 Å². The Morgan fingerprint density at radius 3 is 2.81 bits per heavy atom. The normalized spacial score (nSPS) is 14.0. The maximum atomic E-state index is 13.0. The van der Waals surface area contributed by atoms with Gasteiger partial charge in [0.25, 0.3) is 5.91 Å². The summed E-state index contributed by atoms with van der Waals surface area (Å²) < 4.78 is 2.56. The van der Waals surface area contributed by atoms with Crippen LogP contribution in [-0.4, -0.2) is 38.3 Å². The third-order valence-electron chi connectivity index (χ3n) is 6.32. The topological polar surface area (TPSA) is 109 Å². The molecule has 1 aliphatic heterocycles. The number of fused-ring (bicyclic) bond motifs is 1. The molecule has 36 heavy (non-hydrogen) atoms. The Morgan fingerprint density at radius 1 is 1.25 bits per heavy atom. The molecule has 1 aliphatic rings. The third-order valence-corrected chi connectivity index (χ3v) is 6.77. The number of amides is 1. The first-order chi connectivity index (χ1) is 17.1. The second-order valence-electron chi connectivity index (χ2n) is 10.2. The van der Waals surface area contributed by atoms with E-state index in [1.165, 1.54) is 11.8 Å². The zero-order valence-corrected chi connectivity index (χ0v) is 22.4. The van der Waals surface area contributed by atoms with E-state index in [-0.39, 0.29) is 17.7 Å². The molecule has 1 atom stereocenters. The van der Waals surface area contributed by atoms with Gasteiger partial charge in [-0.2, -0.15) is 5.10 Å². The Bertz CT molecular complexity index is 1260. The minimum absolute atomic E-state index is 0.125. The van der Waals surface area contributed by atoms with E-state index in [4.69, 9.17) is 4.98 Å². The highest BCUT2D eigenvalue weighted by Crippen LogP contribution is 2.30. The van der Waals surface area contributed by atoms with Crippen LogP contribution in [0.2, 0.25) is 0 Å². The van der Waals surface area contributed by atoms with Gasteiger partial charge in [-0.25, -0.2) is 4.98 Å². The van der Waals surface area contributed by atoms with Gasteiger partial charge in [0.2, 0.25) is 0 Å². The number of carboxylic acids is 1. The van der Waals surface area contributed by atoms with Gasteiger partial charge >= 0.3 is 5.97 Å². The van der Waals surface area contributed by atoms with Gasteiger partial charge in [-0.15, -0.1) is 0 Å². The van der Waals surface area contributed by atoms with Gasteiger partial charge in [0.15, 0.2) is 0 Å². The van der Waals surface area contributed by atoms with Gasteiger partial charge in [0, 0.05) is 35.9 Å². The first-order valence-electron chi connectivity index (χ1n) is 12.2. The minimum atomic E-state index is -0.986. The van der Waals surface area contributed by atoms with Crippen LogP contribution in [0.1, 0.15) is 72.4 Å². The molecule has 4 rings (SSSR count). The molecule has 0 spiro atoms. The van der Waals surface area contributed by atoms with Crippen LogP contribution in [0.25, 0.3) is 0 Å². The number of carboxylic acid groups (broad SMARTS) is 1. The average Bonchev–Trinajstić information content (AvgIpc) is 3.30. The van der Waals surface area contributed by atoms with Crippen LogP contribution >= 0.6 is 15.9 Å². The molecule has 2 aromatic heterocycles. The van der Waals surface area contributed by atoms with Crippen molar-refractivity contribution >= 4 is 33.6 Å². The number of hydrogen-bond acceptors (Lipinski definition) is 5. The Kier molecular flexibility index (Phi) is 7.78. The first-order valence-corrected chi connectivity index (χ1v) is 13.0. The lowest BCUT2D eigenvalue weighted by Crippen LogP contribution is -2.30. The fourth-order valence-electron chi connectivity index (χ4n) is 4.26. The van der Waals surface area contributed by atoms with Gasteiger partial charge in [0.05, 0.1) is 24.2 Å². The van der Waals surface area contributed by atoms with Crippen molar-refractivity contribution in [1.29, 1.82) is 0 Å². The molecule has 3 N–H and O–H groups in total. The smallest absolute Gasteiger partial charge is 0.305 e. The summed E-state index contributed by atoms with van der Waals surface area (Å²) in [6, 6.07) is 9.32. The van der Waals surface area contributed by atoms with Crippen molar-refractivity contribution in [3.05, 3.63) is 75.1 Å². The number of halogens is 1. The fraction of sp³-hybridized carbons (Fsp3) is 0.407. The molecular weight excluding hydrogens is 522 g/mol. The number of carbonyl (C=O) groups excluding carboxylic acids is 1. The van der Waals surface area contributed by atoms with Crippen LogP contribution in [0, 0.1) is 0 Å². The van der Waals surface area contributed by atoms with Crippen molar-refractivity contribution in [2.24, 2.45) is 0 Å². The predicted molar refractivity (Wildman–Crippen MR) is 142 cm³/mol. The molecule has 190 valence electrons. The number of aromatic nitrogens is 3. The predicted octanol–water partition coefficient (Wildman–Crippen LogP) is 4.88. The lowest BCUT2D eigenvalue weighted by Gasteiger charge is -2.23. The Morgan fingerprint density at radius 2 is 2.06 bits per heavy atom. The molecule has 0 saturated carbocycles. The molecule has 3 aromatic rings. The van der Waals surface area contributed by atoms with Crippen LogP contribution in [-0.2, 0) is 29.6 Å². The summed E-state index contributed by atoms with van der Waals surface area (Å²) >= 11 is 3.53. The minimum Gasteiger partial charge on any atom is -0.481 e. The van der Waals surface area contributed by atoms with E-state index in [0.717, 1.165) is 46.5 Å². The SMILES string of the molecule is CC(C)(C)c1cc(Br)cc([C@H](CC(=O)O)NC(=O)c2cnn(CCc3ccc4c(n3)NCCC4)c2)c1. The summed E-state index contributed by atoms with van der Waals surface area (Å²) in [5.41, 5.74) is 4.27. The number of nitrogens with one attached hydrogen (secondary N) is 2. The molecule has 8 nitrogen and oxygen atoms in total. The summed E-state index contributed by atoms with van der Waals surface area (Å²) in [6.45, 7) is 7.80. The zero-order chi connectivity index (χ0) is 25.9. The van der Waals surface area contributed by atoms with Crippen molar-refractivity contribution in [3.63, 3.8) is 0 Å². The molecule has 1 aromatic carbocycles. The molecule has 9 heteroatoms. The van der Waals surface area contributed by atoms with Crippen molar-refractivity contribution in [2.45, 2.75) is 64.5 Å². The highest BCUT2D eigenvalue weighted by molar-refractivity contribution is 9.10. The maximum absolute atomic E-state index is 13.0. The summed E-state index contributed by atoms with van der Waals surface area (Å²) in [5, 5.41) is 20.1. The summed E-state index contributed by atoms with van der Waals surface area (Å²) in [5.74, 6) is -0.382. The summed E-state index contributed by atoms with van der Waals surface area (Å²) in [4.78, 5) is 29.3. The number of carbonyl (C=O) groups is 2. The van der Waals surface area contributed by atoms with Gasteiger partial charge in [-0.3, -0.25) is 14.3 Å². The number of aliphatic carboxylic acids is 1. The van der Waals surface area contributed by atoms with Gasteiger partial charge in [-0.05, 0) is 53.1 Å². The van der Waals surface area contributed by atoms with E-state index in [9.17, 15) is 14.7 Å². The molecule has 3 heterocycles. The number of rotatable bonds is 8. The Balaban J connectivity index is 1.45. The number of aryl methyl sites for hydroxylation is 3. The lowest BCUT2D eigenvalue weighted by molar-refractivity contribution is -0.137. The molecule has 0 fully saturated rings. The molecule has 0 bridgehead atoms. The second kappa shape index (κ2) is 10.8.